The Morgan fingerprint density at radius 1 is 1.39 bits per heavy atom. The Morgan fingerprint density at radius 2 is 2.13 bits per heavy atom. The molecule has 1 aromatic heterocycles. The Bertz CT molecular complexity index is 485. The van der Waals surface area contributed by atoms with Crippen LogP contribution in [0.5, 0.6) is 0 Å². The van der Waals surface area contributed by atoms with Gasteiger partial charge in [-0.2, -0.15) is 0 Å². The van der Waals surface area contributed by atoms with Crippen LogP contribution in [0, 0.1) is 11.3 Å². The predicted octanol–water partition coefficient (Wildman–Crippen LogP) is 3.40. The van der Waals surface area contributed by atoms with E-state index < -0.39 is 0 Å². The monoisotopic (exact) mass is 433 g/mol. The first-order valence-electron chi connectivity index (χ1n) is 8.53. The van der Waals surface area contributed by atoms with Gasteiger partial charge in [0, 0.05) is 32.5 Å². The molecule has 0 aromatic carbocycles. The number of imidazole rings is 1. The van der Waals surface area contributed by atoms with Crippen molar-refractivity contribution in [1.82, 2.24) is 20.2 Å². The lowest BCUT2D eigenvalue weighted by atomic mass is 9.67. The second kappa shape index (κ2) is 9.49. The molecular weight excluding hydrogens is 401 g/mol. The van der Waals surface area contributed by atoms with Crippen LogP contribution in [-0.2, 0) is 13.1 Å². The van der Waals surface area contributed by atoms with E-state index in [4.69, 9.17) is 0 Å². The van der Waals surface area contributed by atoms with Gasteiger partial charge in [-0.15, -0.1) is 24.0 Å². The molecule has 6 heteroatoms. The van der Waals surface area contributed by atoms with Crippen LogP contribution >= 0.6 is 24.0 Å². The minimum Gasteiger partial charge on any atom is -0.356 e. The topological polar surface area (TPSA) is 54.2 Å². The summed E-state index contributed by atoms with van der Waals surface area (Å²) in [6, 6.07) is 0. The number of nitrogens with one attached hydrogen (secondary N) is 2. The van der Waals surface area contributed by atoms with Crippen molar-refractivity contribution in [3.63, 3.8) is 0 Å². The van der Waals surface area contributed by atoms with Crippen LogP contribution in [0.4, 0.5) is 0 Å². The lowest BCUT2D eigenvalue weighted by Crippen LogP contribution is -2.46. The first kappa shape index (κ1) is 20.3. The number of nitrogens with zero attached hydrogens (tertiary/aromatic N) is 3. The van der Waals surface area contributed by atoms with Crippen LogP contribution in [0.1, 0.15) is 52.3 Å². The molecule has 0 aliphatic heterocycles. The van der Waals surface area contributed by atoms with Crippen LogP contribution in [0.25, 0.3) is 0 Å². The largest absolute Gasteiger partial charge is 0.356 e. The molecule has 2 N–H and O–H groups in total. The average Bonchev–Trinajstić information content (AvgIpc) is 2.87. The molecule has 0 amide bonds. The van der Waals surface area contributed by atoms with E-state index in [-0.39, 0.29) is 24.0 Å². The summed E-state index contributed by atoms with van der Waals surface area (Å²) in [4.78, 5) is 8.78. The average molecular weight is 433 g/mol. The smallest absolute Gasteiger partial charge is 0.191 e. The highest BCUT2D eigenvalue weighted by Gasteiger charge is 2.34. The maximum absolute atomic E-state index is 4.45. The van der Waals surface area contributed by atoms with E-state index in [1.165, 1.54) is 25.7 Å². The summed E-state index contributed by atoms with van der Waals surface area (Å²) in [5.41, 5.74) is 0.494. The maximum atomic E-state index is 4.45. The zero-order valence-corrected chi connectivity index (χ0v) is 17.3. The van der Waals surface area contributed by atoms with Gasteiger partial charge in [0.15, 0.2) is 5.96 Å². The number of rotatable bonds is 7. The van der Waals surface area contributed by atoms with Gasteiger partial charge >= 0.3 is 0 Å². The number of hydrogen-bond donors (Lipinski definition) is 2. The molecule has 2 rings (SSSR count). The fourth-order valence-corrected chi connectivity index (χ4v) is 3.05. The molecule has 23 heavy (non-hydrogen) atoms. The third kappa shape index (κ3) is 5.65. The van der Waals surface area contributed by atoms with Crippen LogP contribution in [0.3, 0.4) is 0 Å². The second-order valence-corrected chi connectivity index (χ2v) is 6.88. The van der Waals surface area contributed by atoms with Gasteiger partial charge < -0.3 is 15.2 Å². The van der Waals surface area contributed by atoms with E-state index in [1.807, 2.05) is 19.4 Å². The summed E-state index contributed by atoms with van der Waals surface area (Å²) in [5, 5.41) is 6.87. The highest BCUT2D eigenvalue weighted by atomic mass is 127. The molecular formula is C17H32IN5. The zero-order valence-electron chi connectivity index (χ0n) is 14.9. The molecule has 1 saturated carbocycles. The van der Waals surface area contributed by atoms with Crippen molar-refractivity contribution in [2.24, 2.45) is 16.3 Å². The molecule has 1 fully saturated rings. The van der Waals surface area contributed by atoms with E-state index >= 15 is 0 Å². The van der Waals surface area contributed by atoms with Crippen molar-refractivity contribution < 1.29 is 0 Å². The summed E-state index contributed by atoms with van der Waals surface area (Å²) in [7, 11) is 1.83. The summed E-state index contributed by atoms with van der Waals surface area (Å²) in [6.45, 7) is 9.46. The Kier molecular flexibility index (Phi) is 8.36. The molecule has 0 saturated heterocycles. The number of aromatic nitrogens is 2. The first-order valence-corrected chi connectivity index (χ1v) is 8.53. The van der Waals surface area contributed by atoms with Crippen LogP contribution in [-0.4, -0.2) is 29.1 Å². The molecule has 0 bridgehead atoms. The van der Waals surface area contributed by atoms with Gasteiger partial charge in [-0.3, -0.25) is 4.99 Å². The van der Waals surface area contributed by atoms with Gasteiger partial charge in [-0.1, -0.05) is 27.2 Å². The molecule has 0 atom stereocenters. The lowest BCUT2D eigenvalue weighted by Gasteiger charge is -2.41. The predicted molar refractivity (Wildman–Crippen MR) is 107 cm³/mol. The fourth-order valence-electron chi connectivity index (χ4n) is 3.05. The van der Waals surface area contributed by atoms with Gasteiger partial charge in [0.2, 0.25) is 0 Å². The third-order valence-electron chi connectivity index (χ3n) is 4.80. The lowest BCUT2D eigenvalue weighted by molar-refractivity contribution is 0.131. The van der Waals surface area contributed by atoms with Crippen molar-refractivity contribution in [2.45, 2.75) is 59.5 Å². The quantitative estimate of drug-likeness (QED) is 0.394. The highest BCUT2D eigenvalue weighted by Crippen LogP contribution is 2.42. The van der Waals surface area contributed by atoms with E-state index in [1.54, 1.807) is 0 Å². The minimum absolute atomic E-state index is 0. The molecule has 0 spiro atoms. The molecule has 1 aliphatic carbocycles. The Labute approximate surface area is 157 Å². The summed E-state index contributed by atoms with van der Waals surface area (Å²) in [5.74, 6) is 2.55. The molecule has 132 valence electrons. The second-order valence-electron chi connectivity index (χ2n) is 6.88. The molecule has 1 heterocycles. The number of aliphatic imine (C=N–C) groups is 1. The zero-order chi connectivity index (χ0) is 16.0. The van der Waals surface area contributed by atoms with Crippen molar-refractivity contribution in [3.8, 4) is 0 Å². The van der Waals surface area contributed by atoms with Gasteiger partial charge in [-0.25, -0.2) is 4.98 Å². The third-order valence-corrected chi connectivity index (χ3v) is 4.80. The van der Waals surface area contributed by atoms with E-state index in [0.717, 1.165) is 24.9 Å². The molecule has 0 unspecified atom stereocenters. The van der Waals surface area contributed by atoms with Crippen LogP contribution in [0.15, 0.2) is 17.4 Å². The molecule has 1 aliphatic rings. The normalized spacial score (nSPS) is 16.7. The van der Waals surface area contributed by atoms with Crippen LogP contribution < -0.4 is 10.6 Å². The summed E-state index contributed by atoms with van der Waals surface area (Å²) in [6.07, 6.45) is 9.21. The highest BCUT2D eigenvalue weighted by molar-refractivity contribution is 14.0. The van der Waals surface area contributed by atoms with Gasteiger partial charge in [-0.05, 0) is 30.6 Å². The van der Waals surface area contributed by atoms with E-state index in [0.29, 0.717) is 17.9 Å². The van der Waals surface area contributed by atoms with Gasteiger partial charge in [0.05, 0.1) is 6.54 Å². The minimum atomic E-state index is 0. The van der Waals surface area contributed by atoms with E-state index in [2.05, 4.69) is 45.9 Å². The molecule has 1 aromatic rings. The SMILES string of the molecule is CCC1(CNC(=NC)NCc2nccn2CC(C)C)CCC1.I. The van der Waals surface area contributed by atoms with Crippen molar-refractivity contribution >= 4 is 29.9 Å². The molecule has 0 radical (unpaired) electrons. The summed E-state index contributed by atoms with van der Waals surface area (Å²) >= 11 is 0. The number of hydrogen-bond acceptors (Lipinski definition) is 2. The Morgan fingerprint density at radius 3 is 2.65 bits per heavy atom. The van der Waals surface area contributed by atoms with Gasteiger partial charge in [0.25, 0.3) is 0 Å². The first-order chi connectivity index (χ1) is 10.6. The molecule has 5 nitrogen and oxygen atoms in total. The van der Waals surface area contributed by atoms with Crippen molar-refractivity contribution in [3.05, 3.63) is 18.2 Å². The Balaban J connectivity index is 0.00000264. The van der Waals surface area contributed by atoms with Crippen molar-refractivity contribution in [1.29, 1.82) is 0 Å². The van der Waals surface area contributed by atoms with Crippen LogP contribution in [0.2, 0.25) is 0 Å². The fraction of sp³-hybridized carbons (Fsp3) is 0.765. The van der Waals surface area contributed by atoms with E-state index in [9.17, 15) is 0 Å². The number of guanidine groups is 1. The standard InChI is InChI=1S/C17H31N5.HI/c1-5-17(7-6-8-17)13-21-16(18-4)20-11-15-19-9-10-22(15)12-14(2)3;/h9-10,14H,5-8,11-13H2,1-4H3,(H2,18,20,21);1H. The Hall–Kier alpha value is -0.790. The maximum Gasteiger partial charge on any atom is 0.191 e. The van der Waals surface area contributed by atoms with Gasteiger partial charge in [0.1, 0.15) is 5.82 Å². The number of halogens is 1. The summed E-state index contributed by atoms with van der Waals surface area (Å²) < 4.78 is 2.21. The van der Waals surface area contributed by atoms with Crippen molar-refractivity contribution in [2.75, 3.05) is 13.6 Å².